The maximum Gasteiger partial charge on any atom is 0.191 e. The minimum atomic E-state index is 0. The van der Waals surface area contributed by atoms with Gasteiger partial charge in [0.05, 0.1) is 26.9 Å². The molecule has 1 aromatic carbocycles. The highest BCUT2D eigenvalue weighted by molar-refractivity contribution is 14.0. The fraction of sp³-hybridized carbons (Fsp3) is 0.500. The number of halogens is 1. The molecule has 1 aliphatic rings. The first-order valence-electron chi connectivity index (χ1n) is 6.47. The first-order chi connectivity index (χ1) is 9.20. The van der Waals surface area contributed by atoms with Gasteiger partial charge in [-0.2, -0.15) is 0 Å². The molecule has 0 aromatic heterocycles. The lowest BCUT2D eigenvalue weighted by Gasteiger charge is -2.27. The van der Waals surface area contributed by atoms with Crippen LogP contribution in [0.1, 0.15) is 11.1 Å². The number of nitrogens with two attached hydrogens (primary N) is 1. The summed E-state index contributed by atoms with van der Waals surface area (Å²) in [6, 6.07) is 6.09. The van der Waals surface area contributed by atoms with Crippen LogP contribution in [0.15, 0.2) is 23.2 Å². The van der Waals surface area contributed by atoms with Gasteiger partial charge in [-0.15, -0.1) is 24.0 Å². The summed E-state index contributed by atoms with van der Waals surface area (Å²) in [6.45, 7) is 5.65. The van der Waals surface area contributed by atoms with Crippen molar-refractivity contribution in [2.75, 3.05) is 33.4 Å². The highest BCUT2D eigenvalue weighted by Crippen LogP contribution is 2.19. The molecule has 6 heteroatoms. The quantitative estimate of drug-likeness (QED) is 0.485. The Morgan fingerprint density at radius 1 is 1.40 bits per heavy atom. The fourth-order valence-electron chi connectivity index (χ4n) is 2.03. The third-order valence-corrected chi connectivity index (χ3v) is 3.23. The molecular weight excluding hydrogens is 369 g/mol. The monoisotopic (exact) mass is 391 g/mol. The van der Waals surface area contributed by atoms with Crippen molar-refractivity contribution in [1.29, 1.82) is 0 Å². The van der Waals surface area contributed by atoms with E-state index in [9.17, 15) is 0 Å². The molecular formula is C14H22IN3O2. The van der Waals surface area contributed by atoms with Crippen LogP contribution in [0.5, 0.6) is 5.75 Å². The van der Waals surface area contributed by atoms with Crippen LogP contribution in [0.4, 0.5) is 0 Å². The Morgan fingerprint density at radius 3 is 2.75 bits per heavy atom. The number of guanidine groups is 1. The maximum atomic E-state index is 5.99. The second kappa shape index (κ2) is 8.31. The molecule has 0 unspecified atom stereocenters. The maximum absolute atomic E-state index is 5.99. The smallest absolute Gasteiger partial charge is 0.191 e. The van der Waals surface area contributed by atoms with E-state index in [1.807, 2.05) is 25.1 Å². The summed E-state index contributed by atoms with van der Waals surface area (Å²) in [7, 11) is 1.68. The Kier molecular flexibility index (Phi) is 7.08. The first kappa shape index (κ1) is 17.0. The van der Waals surface area contributed by atoms with Gasteiger partial charge in [0, 0.05) is 13.1 Å². The first-order valence-corrected chi connectivity index (χ1v) is 6.47. The SMILES string of the molecule is COc1cc(CN=C(N)N2CCOCC2)ccc1C.I. The number of ether oxygens (including phenoxy) is 2. The third-order valence-electron chi connectivity index (χ3n) is 3.23. The number of hydrogen-bond acceptors (Lipinski definition) is 3. The molecule has 1 saturated heterocycles. The van der Waals surface area contributed by atoms with Crippen molar-refractivity contribution in [1.82, 2.24) is 4.90 Å². The molecule has 112 valence electrons. The number of aryl methyl sites for hydroxylation is 1. The second-order valence-corrected chi connectivity index (χ2v) is 4.58. The average Bonchev–Trinajstić information content (AvgIpc) is 2.47. The van der Waals surface area contributed by atoms with E-state index in [1.54, 1.807) is 7.11 Å². The number of morpholine rings is 1. The highest BCUT2D eigenvalue weighted by Gasteiger charge is 2.11. The Balaban J connectivity index is 0.00000200. The van der Waals surface area contributed by atoms with Crippen LogP contribution in [0.25, 0.3) is 0 Å². The minimum absolute atomic E-state index is 0. The van der Waals surface area contributed by atoms with Gasteiger partial charge in [0.15, 0.2) is 5.96 Å². The molecule has 0 saturated carbocycles. The van der Waals surface area contributed by atoms with Crippen molar-refractivity contribution in [3.05, 3.63) is 29.3 Å². The van der Waals surface area contributed by atoms with E-state index in [0.29, 0.717) is 25.7 Å². The van der Waals surface area contributed by atoms with Crippen LogP contribution >= 0.6 is 24.0 Å². The zero-order valence-corrected chi connectivity index (χ0v) is 14.3. The van der Waals surface area contributed by atoms with Gasteiger partial charge in [-0.3, -0.25) is 0 Å². The summed E-state index contributed by atoms with van der Waals surface area (Å²) < 4.78 is 10.6. The molecule has 20 heavy (non-hydrogen) atoms. The summed E-state index contributed by atoms with van der Waals surface area (Å²) in [6.07, 6.45) is 0. The predicted molar refractivity (Wildman–Crippen MR) is 90.9 cm³/mol. The molecule has 2 N–H and O–H groups in total. The van der Waals surface area contributed by atoms with Crippen molar-refractivity contribution in [3.63, 3.8) is 0 Å². The lowest BCUT2D eigenvalue weighted by Crippen LogP contribution is -2.44. The summed E-state index contributed by atoms with van der Waals surface area (Å²) >= 11 is 0. The minimum Gasteiger partial charge on any atom is -0.496 e. The molecule has 1 aliphatic heterocycles. The average molecular weight is 391 g/mol. The van der Waals surface area contributed by atoms with Gasteiger partial charge in [-0.05, 0) is 24.1 Å². The number of nitrogens with zero attached hydrogens (tertiary/aromatic N) is 2. The molecule has 0 aliphatic carbocycles. The normalized spacial score (nSPS) is 15.7. The van der Waals surface area contributed by atoms with E-state index in [0.717, 1.165) is 30.0 Å². The van der Waals surface area contributed by atoms with Crippen LogP contribution in [0.3, 0.4) is 0 Å². The van der Waals surface area contributed by atoms with E-state index in [4.69, 9.17) is 15.2 Å². The molecule has 2 rings (SSSR count). The van der Waals surface area contributed by atoms with Gasteiger partial charge < -0.3 is 20.1 Å². The molecule has 1 heterocycles. The van der Waals surface area contributed by atoms with Crippen molar-refractivity contribution >= 4 is 29.9 Å². The topological polar surface area (TPSA) is 60.1 Å². The van der Waals surface area contributed by atoms with E-state index in [1.165, 1.54) is 0 Å². The third kappa shape index (κ3) is 4.52. The molecule has 0 radical (unpaired) electrons. The van der Waals surface area contributed by atoms with Gasteiger partial charge >= 0.3 is 0 Å². The lowest BCUT2D eigenvalue weighted by molar-refractivity contribution is 0.0674. The van der Waals surface area contributed by atoms with Gasteiger partial charge in [0.1, 0.15) is 5.75 Å². The Morgan fingerprint density at radius 2 is 2.10 bits per heavy atom. The van der Waals surface area contributed by atoms with E-state index < -0.39 is 0 Å². The molecule has 1 aromatic rings. The van der Waals surface area contributed by atoms with E-state index >= 15 is 0 Å². The molecule has 0 atom stereocenters. The Labute approximate surface area is 137 Å². The van der Waals surface area contributed by atoms with E-state index in [2.05, 4.69) is 9.89 Å². The molecule has 0 spiro atoms. The number of hydrogen-bond donors (Lipinski definition) is 1. The van der Waals surface area contributed by atoms with Gasteiger partial charge in [-0.1, -0.05) is 12.1 Å². The van der Waals surface area contributed by atoms with Crippen LogP contribution in [0.2, 0.25) is 0 Å². The van der Waals surface area contributed by atoms with Gasteiger partial charge in [-0.25, -0.2) is 4.99 Å². The number of aliphatic imine (C=N–C) groups is 1. The zero-order chi connectivity index (χ0) is 13.7. The molecule has 0 amide bonds. The number of benzene rings is 1. The van der Waals surface area contributed by atoms with Gasteiger partial charge in [0.25, 0.3) is 0 Å². The molecule has 1 fully saturated rings. The summed E-state index contributed by atoms with van der Waals surface area (Å²) in [5.74, 6) is 1.47. The van der Waals surface area contributed by atoms with Crippen LogP contribution in [-0.2, 0) is 11.3 Å². The second-order valence-electron chi connectivity index (χ2n) is 4.58. The van der Waals surface area contributed by atoms with Crippen molar-refractivity contribution in [2.45, 2.75) is 13.5 Å². The fourth-order valence-corrected chi connectivity index (χ4v) is 2.03. The van der Waals surface area contributed by atoms with Crippen LogP contribution in [0, 0.1) is 6.92 Å². The molecule has 5 nitrogen and oxygen atoms in total. The van der Waals surface area contributed by atoms with Gasteiger partial charge in [0.2, 0.25) is 0 Å². The number of rotatable bonds is 3. The Bertz CT molecular complexity index is 460. The standard InChI is InChI=1S/C14H21N3O2.HI/c1-11-3-4-12(9-13(11)18-2)10-16-14(15)17-5-7-19-8-6-17;/h3-4,9H,5-8,10H2,1-2H3,(H2,15,16);1H. The van der Waals surface area contributed by atoms with Crippen molar-refractivity contribution in [3.8, 4) is 5.75 Å². The predicted octanol–water partition coefficient (Wildman–Crippen LogP) is 1.77. The van der Waals surface area contributed by atoms with Crippen LogP contribution in [-0.4, -0.2) is 44.3 Å². The summed E-state index contributed by atoms with van der Waals surface area (Å²) in [4.78, 5) is 6.48. The van der Waals surface area contributed by atoms with Crippen molar-refractivity contribution < 1.29 is 9.47 Å². The number of methoxy groups -OCH3 is 1. The van der Waals surface area contributed by atoms with Crippen LogP contribution < -0.4 is 10.5 Å². The highest BCUT2D eigenvalue weighted by atomic mass is 127. The summed E-state index contributed by atoms with van der Waals surface area (Å²) in [5, 5.41) is 0. The Hall–Kier alpha value is -1.02. The lowest BCUT2D eigenvalue weighted by atomic mass is 10.1. The zero-order valence-electron chi connectivity index (χ0n) is 12.0. The largest absolute Gasteiger partial charge is 0.496 e. The van der Waals surface area contributed by atoms with Crippen molar-refractivity contribution in [2.24, 2.45) is 10.7 Å². The van der Waals surface area contributed by atoms with E-state index in [-0.39, 0.29) is 24.0 Å². The summed E-state index contributed by atoms with van der Waals surface area (Å²) in [5.41, 5.74) is 8.20. The molecule has 0 bridgehead atoms.